The third-order valence-electron chi connectivity index (χ3n) is 4.81. The van der Waals surface area contributed by atoms with Crippen molar-refractivity contribution in [2.24, 2.45) is 16.7 Å². The Kier molecular flexibility index (Phi) is 5.25. The van der Waals surface area contributed by atoms with Gasteiger partial charge in [-0.15, -0.1) is 0 Å². The molecule has 0 bridgehead atoms. The third-order valence-corrected chi connectivity index (χ3v) is 4.81. The summed E-state index contributed by atoms with van der Waals surface area (Å²) >= 11 is 0. The highest BCUT2D eigenvalue weighted by Gasteiger charge is 2.31. The van der Waals surface area contributed by atoms with Crippen LogP contribution in [0.15, 0.2) is 0 Å². The standard InChI is InChI=1S/C16H33NO/c1-13(18)16(5,6)12-17-10-7-8-14(9-11-17)15(2,3)4/h13-14,18H,7-12H2,1-6H3. The molecule has 1 rings (SSSR count). The molecule has 2 nitrogen and oxygen atoms in total. The lowest BCUT2D eigenvalue weighted by Gasteiger charge is -2.34. The van der Waals surface area contributed by atoms with E-state index in [1.165, 1.54) is 32.4 Å². The molecule has 2 heteroatoms. The lowest BCUT2D eigenvalue weighted by atomic mass is 9.77. The minimum Gasteiger partial charge on any atom is -0.393 e. The summed E-state index contributed by atoms with van der Waals surface area (Å²) in [6.45, 7) is 16.8. The third kappa shape index (κ3) is 4.55. The van der Waals surface area contributed by atoms with E-state index >= 15 is 0 Å². The number of hydrogen-bond donors (Lipinski definition) is 1. The summed E-state index contributed by atoms with van der Waals surface area (Å²) in [4.78, 5) is 2.55. The number of rotatable bonds is 3. The average molecular weight is 255 g/mol. The van der Waals surface area contributed by atoms with E-state index in [-0.39, 0.29) is 11.5 Å². The molecule has 1 heterocycles. The van der Waals surface area contributed by atoms with Gasteiger partial charge in [-0.3, -0.25) is 0 Å². The molecule has 0 aromatic heterocycles. The average Bonchev–Trinajstić information content (AvgIpc) is 2.41. The monoisotopic (exact) mass is 255 g/mol. The van der Waals surface area contributed by atoms with Crippen LogP contribution >= 0.6 is 0 Å². The van der Waals surface area contributed by atoms with Crippen molar-refractivity contribution in [2.45, 2.75) is 66.9 Å². The van der Waals surface area contributed by atoms with E-state index in [2.05, 4.69) is 39.5 Å². The van der Waals surface area contributed by atoms with Gasteiger partial charge in [0.1, 0.15) is 0 Å². The van der Waals surface area contributed by atoms with Gasteiger partial charge in [0.05, 0.1) is 6.10 Å². The molecule has 1 aliphatic heterocycles. The van der Waals surface area contributed by atoms with Gasteiger partial charge in [0.15, 0.2) is 0 Å². The van der Waals surface area contributed by atoms with Crippen LogP contribution in [0.2, 0.25) is 0 Å². The van der Waals surface area contributed by atoms with Crippen LogP contribution in [0.1, 0.15) is 60.8 Å². The highest BCUT2D eigenvalue weighted by atomic mass is 16.3. The number of aliphatic hydroxyl groups is 1. The molecule has 1 saturated heterocycles. The maximum atomic E-state index is 9.84. The Hall–Kier alpha value is -0.0800. The fraction of sp³-hybridized carbons (Fsp3) is 1.00. The van der Waals surface area contributed by atoms with Crippen LogP contribution in [-0.2, 0) is 0 Å². The largest absolute Gasteiger partial charge is 0.393 e. The van der Waals surface area contributed by atoms with E-state index in [0.717, 1.165) is 12.5 Å². The second-order valence-corrected chi connectivity index (χ2v) is 7.93. The molecular formula is C16H33NO. The predicted molar refractivity (Wildman–Crippen MR) is 78.7 cm³/mol. The zero-order valence-corrected chi connectivity index (χ0v) is 13.3. The highest BCUT2D eigenvalue weighted by Crippen LogP contribution is 2.35. The second-order valence-electron chi connectivity index (χ2n) is 7.93. The van der Waals surface area contributed by atoms with E-state index in [0.29, 0.717) is 5.41 Å². The van der Waals surface area contributed by atoms with Crippen molar-refractivity contribution >= 4 is 0 Å². The maximum absolute atomic E-state index is 9.84. The van der Waals surface area contributed by atoms with Crippen LogP contribution in [0, 0.1) is 16.7 Å². The van der Waals surface area contributed by atoms with Crippen LogP contribution in [0.3, 0.4) is 0 Å². The zero-order valence-electron chi connectivity index (χ0n) is 13.3. The number of likely N-dealkylation sites (tertiary alicyclic amines) is 1. The van der Waals surface area contributed by atoms with Crippen LogP contribution in [0.4, 0.5) is 0 Å². The normalized spacial score (nSPS) is 25.8. The quantitative estimate of drug-likeness (QED) is 0.834. The molecule has 0 saturated carbocycles. The zero-order chi connectivity index (χ0) is 14.0. The summed E-state index contributed by atoms with van der Waals surface area (Å²) in [6, 6.07) is 0. The Balaban J connectivity index is 2.53. The van der Waals surface area contributed by atoms with Crippen LogP contribution in [0.5, 0.6) is 0 Å². The highest BCUT2D eigenvalue weighted by molar-refractivity contribution is 4.83. The van der Waals surface area contributed by atoms with Crippen molar-refractivity contribution < 1.29 is 5.11 Å². The topological polar surface area (TPSA) is 23.5 Å². The first-order chi connectivity index (χ1) is 8.13. The number of aliphatic hydroxyl groups excluding tert-OH is 1. The Labute approximate surface area is 114 Å². The molecule has 0 aromatic rings. The predicted octanol–water partition coefficient (Wildman–Crippen LogP) is 3.54. The van der Waals surface area contributed by atoms with E-state index in [1.807, 2.05) is 6.92 Å². The SMILES string of the molecule is CC(O)C(C)(C)CN1CCCC(C(C)(C)C)CC1. The molecule has 1 fully saturated rings. The first kappa shape index (κ1) is 16.0. The molecule has 18 heavy (non-hydrogen) atoms. The second kappa shape index (κ2) is 5.92. The first-order valence-corrected chi connectivity index (χ1v) is 7.53. The van der Waals surface area contributed by atoms with E-state index in [4.69, 9.17) is 0 Å². The molecule has 0 amide bonds. The lowest BCUT2D eigenvalue weighted by molar-refractivity contribution is 0.0346. The summed E-state index contributed by atoms with van der Waals surface area (Å²) in [5.74, 6) is 0.845. The minimum absolute atomic E-state index is 0.00156. The summed E-state index contributed by atoms with van der Waals surface area (Å²) in [7, 11) is 0. The van der Waals surface area contributed by atoms with Crippen molar-refractivity contribution in [1.82, 2.24) is 4.90 Å². The van der Waals surface area contributed by atoms with Gasteiger partial charge in [-0.05, 0) is 50.6 Å². The fourth-order valence-electron chi connectivity index (χ4n) is 2.89. The Morgan fingerprint density at radius 2 is 1.72 bits per heavy atom. The van der Waals surface area contributed by atoms with Crippen molar-refractivity contribution in [3.05, 3.63) is 0 Å². The van der Waals surface area contributed by atoms with Crippen LogP contribution < -0.4 is 0 Å². The molecule has 0 radical (unpaired) electrons. The fourth-order valence-corrected chi connectivity index (χ4v) is 2.89. The minimum atomic E-state index is -0.237. The van der Waals surface area contributed by atoms with Gasteiger partial charge < -0.3 is 10.0 Å². The van der Waals surface area contributed by atoms with Gasteiger partial charge in [-0.1, -0.05) is 34.6 Å². The van der Waals surface area contributed by atoms with E-state index in [1.54, 1.807) is 0 Å². The van der Waals surface area contributed by atoms with Gasteiger partial charge in [-0.2, -0.15) is 0 Å². The number of nitrogens with zero attached hydrogens (tertiary/aromatic N) is 1. The maximum Gasteiger partial charge on any atom is 0.0575 e. The first-order valence-electron chi connectivity index (χ1n) is 7.53. The molecule has 2 unspecified atom stereocenters. The van der Waals surface area contributed by atoms with Gasteiger partial charge in [0, 0.05) is 12.0 Å². The molecule has 2 atom stereocenters. The molecular weight excluding hydrogens is 222 g/mol. The lowest BCUT2D eigenvalue weighted by Crippen LogP contribution is -2.41. The van der Waals surface area contributed by atoms with E-state index in [9.17, 15) is 5.11 Å². The molecule has 0 aromatic carbocycles. The molecule has 0 spiro atoms. The van der Waals surface area contributed by atoms with Crippen molar-refractivity contribution in [1.29, 1.82) is 0 Å². The van der Waals surface area contributed by atoms with Crippen molar-refractivity contribution in [3.63, 3.8) is 0 Å². The van der Waals surface area contributed by atoms with Gasteiger partial charge >= 0.3 is 0 Å². The molecule has 1 N–H and O–H groups in total. The summed E-state index contributed by atoms with van der Waals surface area (Å²) in [5, 5.41) is 9.84. The van der Waals surface area contributed by atoms with Crippen LogP contribution in [-0.4, -0.2) is 35.7 Å². The Morgan fingerprint density at radius 3 is 2.22 bits per heavy atom. The molecule has 1 aliphatic rings. The Morgan fingerprint density at radius 1 is 1.11 bits per heavy atom. The molecule has 0 aliphatic carbocycles. The summed E-state index contributed by atoms with van der Waals surface area (Å²) in [5.41, 5.74) is 0.442. The van der Waals surface area contributed by atoms with Crippen molar-refractivity contribution in [3.8, 4) is 0 Å². The van der Waals surface area contributed by atoms with Gasteiger partial charge in [0.2, 0.25) is 0 Å². The summed E-state index contributed by atoms with van der Waals surface area (Å²) < 4.78 is 0. The number of hydrogen-bond acceptors (Lipinski definition) is 2. The van der Waals surface area contributed by atoms with E-state index < -0.39 is 0 Å². The smallest absolute Gasteiger partial charge is 0.0575 e. The Bertz CT molecular complexity index is 252. The van der Waals surface area contributed by atoms with Gasteiger partial charge in [-0.25, -0.2) is 0 Å². The van der Waals surface area contributed by atoms with Crippen LogP contribution in [0.25, 0.3) is 0 Å². The van der Waals surface area contributed by atoms with Gasteiger partial charge in [0.25, 0.3) is 0 Å². The molecule has 108 valence electrons. The summed E-state index contributed by atoms with van der Waals surface area (Å²) in [6.07, 6.45) is 3.73. The van der Waals surface area contributed by atoms with Crippen molar-refractivity contribution in [2.75, 3.05) is 19.6 Å².